The van der Waals surface area contributed by atoms with Gasteiger partial charge in [-0.05, 0) is 60.5 Å². The molecule has 7 nitrogen and oxygen atoms in total. The molecule has 1 fully saturated rings. The molecule has 3 aromatic carbocycles. The molecular weight excluding hydrogens is 540 g/mol. The topological polar surface area (TPSA) is 79.0 Å². The Morgan fingerprint density at radius 1 is 0.973 bits per heavy atom. The number of piperazine rings is 1. The average molecular weight is 566 g/mol. The molecule has 11 heteroatoms. The quantitative estimate of drug-likeness (QED) is 0.431. The van der Waals surface area contributed by atoms with Crippen LogP contribution in [0.1, 0.15) is 15.9 Å². The van der Waals surface area contributed by atoms with Crippen LogP contribution < -0.4 is 14.4 Å². The van der Waals surface area contributed by atoms with Crippen molar-refractivity contribution in [2.45, 2.75) is 11.3 Å². The maximum Gasteiger partial charge on any atom is 0.254 e. The molecule has 0 saturated carbocycles. The predicted molar refractivity (Wildman–Crippen MR) is 143 cm³/mol. The molecule has 1 saturated heterocycles. The predicted octanol–water partition coefficient (Wildman–Crippen LogP) is 4.62. The Morgan fingerprint density at radius 3 is 2.24 bits per heavy atom. The van der Waals surface area contributed by atoms with Gasteiger partial charge in [0.2, 0.25) is 10.0 Å². The Labute approximate surface area is 225 Å². The van der Waals surface area contributed by atoms with Crippen molar-refractivity contribution in [2.24, 2.45) is 0 Å². The number of amides is 1. The third-order valence-electron chi connectivity index (χ3n) is 6.10. The van der Waals surface area contributed by atoms with Crippen LogP contribution in [0.2, 0.25) is 10.0 Å². The minimum Gasteiger partial charge on any atom is -0.495 e. The molecule has 0 aliphatic carbocycles. The van der Waals surface area contributed by atoms with E-state index in [1.54, 1.807) is 47.4 Å². The van der Waals surface area contributed by atoms with Crippen LogP contribution in [-0.2, 0) is 16.4 Å². The van der Waals surface area contributed by atoms with E-state index in [9.17, 15) is 17.6 Å². The molecule has 1 N–H and O–H groups in total. The summed E-state index contributed by atoms with van der Waals surface area (Å²) in [4.78, 5) is 16.7. The summed E-state index contributed by atoms with van der Waals surface area (Å²) in [6.07, 6.45) is 0.427. The van der Waals surface area contributed by atoms with Gasteiger partial charge in [0.05, 0.1) is 17.7 Å². The number of carbonyl (C=O) groups excluding carboxylic acids is 1. The van der Waals surface area contributed by atoms with Gasteiger partial charge in [-0.15, -0.1) is 0 Å². The van der Waals surface area contributed by atoms with Gasteiger partial charge in [0, 0.05) is 48.3 Å². The Bertz CT molecular complexity index is 1360. The first-order chi connectivity index (χ1) is 17.7. The van der Waals surface area contributed by atoms with Gasteiger partial charge in [-0.3, -0.25) is 4.79 Å². The Balaban J connectivity index is 1.43. The average Bonchev–Trinajstić information content (AvgIpc) is 2.88. The van der Waals surface area contributed by atoms with Gasteiger partial charge in [-0.1, -0.05) is 35.3 Å². The van der Waals surface area contributed by atoms with Crippen LogP contribution in [0.15, 0.2) is 65.6 Å². The summed E-state index contributed by atoms with van der Waals surface area (Å²) in [5, 5.41) is 0.784. The lowest BCUT2D eigenvalue weighted by atomic mass is 10.1. The van der Waals surface area contributed by atoms with Gasteiger partial charge in [0.15, 0.2) is 0 Å². The third-order valence-corrected chi connectivity index (χ3v) is 7.99. The summed E-state index contributed by atoms with van der Waals surface area (Å²) >= 11 is 12.1. The highest BCUT2D eigenvalue weighted by atomic mass is 35.5. The monoisotopic (exact) mass is 565 g/mol. The lowest BCUT2D eigenvalue weighted by Crippen LogP contribution is -2.49. The summed E-state index contributed by atoms with van der Waals surface area (Å²) in [6, 6.07) is 15.4. The Morgan fingerprint density at radius 2 is 1.62 bits per heavy atom. The van der Waals surface area contributed by atoms with Crippen molar-refractivity contribution in [3.63, 3.8) is 0 Å². The highest BCUT2D eigenvalue weighted by Gasteiger charge is 2.26. The molecule has 4 rings (SSSR count). The van der Waals surface area contributed by atoms with E-state index in [0.29, 0.717) is 59.6 Å². The van der Waals surface area contributed by atoms with Gasteiger partial charge in [-0.2, -0.15) is 0 Å². The number of sulfonamides is 1. The maximum absolute atomic E-state index is 13.1. The Kier molecular flexibility index (Phi) is 8.59. The molecule has 1 aliphatic heterocycles. The molecule has 37 heavy (non-hydrogen) atoms. The summed E-state index contributed by atoms with van der Waals surface area (Å²) < 4.78 is 47.1. The molecule has 0 bridgehead atoms. The smallest absolute Gasteiger partial charge is 0.254 e. The van der Waals surface area contributed by atoms with E-state index in [2.05, 4.69) is 4.72 Å². The fraction of sp³-hybridized carbons (Fsp3) is 0.269. The van der Waals surface area contributed by atoms with Crippen molar-refractivity contribution in [1.29, 1.82) is 0 Å². The zero-order chi connectivity index (χ0) is 26.6. The molecule has 1 aliphatic rings. The van der Waals surface area contributed by atoms with Crippen molar-refractivity contribution in [1.82, 2.24) is 9.62 Å². The number of benzene rings is 3. The number of ether oxygens (including phenoxy) is 1. The number of rotatable bonds is 8. The fourth-order valence-electron chi connectivity index (χ4n) is 4.16. The first-order valence-electron chi connectivity index (χ1n) is 11.6. The van der Waals surface area contributed by atoms with Crippen molar-refractivity contribution in [2.75, 3.05) is 44.7 Å². The minimum atomic E-state index is -3.79. The number of anilines is 1. The van der Waals surface area contributed by atoms with Crippen molar-refractivity contribution in [3.05, 3.63) is 87.7 Å². The second kappa shape index (κ2) is 11.7. The zero-order valence-corrected chi connectivity index (χ0v) is 22.4. The number of halogens is 3. The highest BCUT2D eigenvalue weighted by Crippen LogP contribution is 2.32. The van der Waals surface area contributed by atoms with Crippen LogP contribution in [0.3, 0.4) is 0 Å². The summed E-state index contributed by atoms with van der Waals surface area (Å²) in [5.74, 6) is 0.0264. The van der Waals surface area contributed by atoms with Crippen LogP contribution in [-0.4, -0.2) is 59.1 Å². The van der Waals surface area contributed by atoms with E-state index >= 15 is 0 Å². The van der Waals surface area contributed by atoms with Gasteiger partial charge in [0.25, 0.3) is 5.91 Å². The fourth-order valence-corrected chi connectivity index (χ4v) is 5.74. The van der Waals surface area contributed by atoms with E-state index in [-0.39, 0.29) is 23.2 Å². The molecule has 0 atom stereocenters. The van der Waals surface area contributed by atoms with Crippen molar-refractivity contribution in [3.8, 4) is 5.75 Å². The standard InChI is InChI=1S/C26H26Cl2FN3O4S/c1-36-25-7-6-23(37(34,35)30-9-8-18-2-4-22(29)5-3-18)17-24(25)31-10-12-32(13-11-31)26(33)19-14-20(27)16-21(28)15-19/h2-7,14-17,30H,8-13H2,1H3. The first-order valence-corrected chi connectivity index (χ1v) is 13.8. The lowest BCUT2D eigenvalue weighted by molar-refractivity contribution is 0.0746. The van der Waals surface area contributed by atoms with Crippen LogP contribution in [0.4, 0.5) is 10.1 Å². The third kappa shape index (κ3) is 6.73. The van der Waals surface area contributed by atoms with Crippen LogP contribution in [0.25, 0.3) is 0 Å². The van der Waals surface area contributed by atoms with Gasteiger partial charge >= 0.3 is 0 Å². The van der Waals surface area contributed by atoms with Gasteiger partial charge in [-0.25, -0.2) is 17.5 Å². The van der Waals surface area contributed by atoms with E-state index in [1.807, 2.05) is 4.90 Å². The van der Waals surface area contributed by atoms with Gasteiger partial charge < -0.3 is 14.5 Å². The number of nitrogens with zero attached hydrogens (tertiary/aromatic N) is 2. The van der Waals surface area contributed by atoms with Crippen LogP contribution in [0, 0.1) is 5.82 Å². The van der Waals surface area contributed by atoms with Crippen molar-refractivity contribution >= 4 is 44.8 Å². The molecule has 3 aromatic rings. The minimum absolute atomic E-state index is 0.106. The second-order valence-corrected chi connectivity index (χ2v) is 11.2. The van der Waals surface area contributed by atoms with Crippen molar-refractivity contribution < 1.29 is 22.3 Å². The van der Waals surface area contributed by atoms with E-state index in [4.69, 9.17) is 27.9 Å². The number of methoxy groups -OCH3 is 1. The molecular formula is C26H26Cl2FN3O4S. The van der Waals surface area contributed by atoms with Crippen LogP contribution >= 0.6 is 23.2 Å². The van der Waals surface area contributed by atoms with E-state index in [0.717, 1.165) is 5.56 Å². The maximum atomic E-state index is 13.1. The normalized spacial score (nSPS) is 14.1. The molecule has 0 radical (unpaired) electrons. The molecule has 1 heterocycles. The Hall–Kier alpha value is -2.85. The largest absolute Gasteiger partial charge is 0.495 e. The summed E-state index contributed by atoms with van der Waals surface area (Å²) in [5.41, 5.74) is 1.87. The molecule has 0 aromatic heterocycles. The summed E-state index contributed by atoms with van der Waals surface area (Å²) in [7, 11) is -2.26. The number of hydrogen-bond acceptors (Lipinski definition) is 5. The van der Waals surface area contributed by atoms with E-state index < -0.39 is 10.0 Å². The number of nitrogens with one attached hydrogen (secondary N) is 1. The highest BCUT2D eigenvalue weighted by molar-refractivity contribution is 7.89. The molecule has 0 unspecified atom stereocenters. The molecule has 1 amide bonds. The number of carbonyl (C=O) groups is 1. The van der Waals surface area contributed by atoms with E-state index in [1.165, 1.54) is 25.3 Å². The lowest BCUT2D eigenvalue weighted by Gasteiger charge is -2.36. The SMILES string of the molecule is COc1ccc(S(=O)(=O)NCCc2ccc(F)cc2)cc1N1CCN(C(=O)c2cc(Cl)cc(Cl)c2)CC1. The first kappa shape index (κ1) is 27.2. The van der Waals surface area contributed by atoms with Gasteiger partial charge in [0.1, 0.15) is 11.6 Å². The van der Waals surface area contributed by atoms with Crippen LogP contribution in [0.5, 0.6) is 5.75 Å². The second-order valence-electron chi connectivity index (χ2n) is 8.55. The zero-order valence-electron chi connectivity index (χ0n) is 20.1. The molecule has 0 spiro atoms. The summed E-state index contributed by atoms with van der Waals surface area (Å²) in [6.45, 7) is 2.00. The molecule has 196 valence electrons. The number of hydrogen-bond donors (Lipinski definition) is 1.